The predicted octanol–water partition coefficient (Wildman–Crippen LogP) is 1.49. The molecule has 2 N–H and O–H groups in total. The van der Waals surface area contributed by atoms with Gasteiger partial charge in [-0.25, -0.2) is 4.79 Å². The van der Waals surface area contributed by atoms with Crippen molar-refractivity contribution < 1.29 is 5.11 Å². The third-order valence-electron chi connectivity index (χ3n) is 2.02. The minimum atomic E-state index is -0.245. The number of hydrogen-bond acceptors (Lipinski definition) is 2. The van der Waals surface area contributed by atoms with E-state index in [-0.39, 0.29) is 17.6 Å². The molecule has 1 aromatic rings. The Bertz CT molecular complexity index is 325. The maximum Gasteiger partial charge on any atom is 0.328 e. The van der Waals surface area contributed by atoms with Gasteiger partial charge in [0.25, 0.3) is 0 Å². The predicted molar refractivity (Wildman–Crippen MR) is 50.9 cm³/mol. The van der Waals surface area contributed by atoms with Crippen LogP contribution in [0.3, 0.4) is 0 Å². The molecule has 0 aliphatic carbocycles. The van der Waals surface area contributed by atoms with Crippen molar-refractivity contribution >= 4 is 0 Å². The number of nitrogens with one attached hydrogen (secondary N) is 1. The number of aromatic amines is 1. The van der Waals surface area contributed by atoms with Crippen molar-refractivity contribution in [2.75, 3.05) is 0 Å². The topological polar surface area (TPSA) is 58.0 Å². The number of H-pyrrole nitrogens is 1. The van der Waals surface area contributed by atoms with Crippen LogP contribution in [0.2, 0.25) is 0 Å². The lowest BCUT2D eigenvalue weighted by atomic mass is 10.1. The quantitative estimate of drug-likeness (QED) is 0.747. The minimum absolute atomic E-state index is 0.0689. The molecule has 0 bridgehead atoms. The van der Waals surface area contributed by atoms with Crippen LogP contribution >= 0.6 is 0 Å². The fourth-order valence-corrected chi connectivity index (χ4v) is 1.52. The molecule has 0 fully saturated rings. The van der Waals surface area contributed by atoms with Crippen molar-refractivity contribution in [2.24, 2.45) is 5.92 Å². The molecule has 74 valence electrons. The normalized spacial score (nSPS) is 13.5. The van der Waals surface area contributed by atoms with Gasteiger partial charge in [0.15, 0.2) is 0 Å². The van der Waals surface area contributed by atoms with Crippen molar-refractivity contribution in [3.8, 4) is 5.88 Å². The number of aromatic nitrogens is 2. The molecule has 4 heteroatoms. The SMILES string of the molecule is CC(C)CC(C)n1cc(O)[nH]c1=O. The van der Waals surface area contributed by atoms with E-state index in [0.717, 1.165) is 6.42 Å². The largest absolute Gasteiger partial charge is 0.493 e. The molecule has 13 heavy (non-hydrogen) atoms. The van der Waals surface area contributed by atoms with Crippen LogP contribution < -0.4 is 5.69 Å². The highest BCUT2D eigenvalue weighted by atomic mass is 16.3. The van der Waals surface area contributed by atoms with E-state index in [2.05, 4.69) is 18.8 Å². The Morgan fingerprint density at radius 3 is 2.54 bits per heavy atom. The van der Waals surface area contributed by atoms with Crippen molar-refractivity contribution in [3.05, 3.63) is 16.7 Å². The maximum atomic E-state index is 11.2. The van der Waals surface area contributed by atoms with Crippen molar-refractivity contribution in [1.82, 2.24) is 9.55 Å². The Morgan fingerprint density at radius 2 is 2.15 bits per heavy atom. The van der Waals surface area contributed by atoms with Gasteiger partial charge in [0, 0.05) is 6.04 Å². The second-order valence-electron chi connectivity index (χ2n) is 3.83. The summed E-state index contributed by atoms with van der Waals surface area (Å²) < 4.78 is 1.52. The lowest BCUT2D eigenvalue weighted by Crippen LogP contribution is -2.20. The first kappa shape index (κ1) is 9.89. The summed E-state index contributed by atoms with van der Waals surface area (Å²) in [5.74, 6) is 0.472. The highest BCUT2D eigenvalue weighted by molar-refractivity contribution is 5.01. The Labute approximate surface area is 77.2 Å². The Balaban J connectivity index is 2.82. The first-order valence-corrected chi connectivity index (χ1v) is 4.50. The molecule has 0 radical (unpaired) electrons. The molecule has 0 aliphatic heterocycles. The smallest absolute Gasteiger partial charge is 0.328 e. The summed E-state index contributed by atoms with van der Waals surface area (Å²) >= 11 is 0. The zero-order valence-electron chi connectivity index (χ0n) is 8.24. The van der Waals surface area contributed by atoms with E-state index in [1.807, 2.05) is 6.92 Å². The van der Waals surface area contributed by atoms with Crippen molar-refractivity contribution in [1.29, 1.82) is 0 Å². The lowest BCUT2D eigenvalue weighted by molar-refractivity contribution is 0.416. The summed E-state index contributed by atoms with van der Waals surface area (Å²) in [6.45, 7) is 6.18. The molecule has 4 nitrogen and oxygen atoms in total. The fraction of sp³-hybridized carbons (Fsp3) is 0.667. The van der Waals surface area contributed by atoms with Gasteiger partial charge in [0.1, 0.15) is 0 Å². The van der Waals surface area contributed by atoms with Gasteiger partial charge in [-0.1, -0.05) is 13.8 Å². The molecule has 0 aliphatic rings. The van der Waals surface area contributed by atoms with Crippen LogP contribution in [0.15, 0.2) is 11.0 Å². The number of hydrogen-bond donors (Lipinski definition) is 2. The van der Waals surface area contributed by atoms with E-state index in [0.29, 0.717) is 5.92 Å². The van der Waals surface area contributed by atoms with Crippen LogP contribution in [0, 0.1) is 5.92 Å². The van der Waals surface area contributed by atoms with Crippen LogP contribution in [0.25, 0.3) is 0 Å². The second kappa shape index (κ2) is 3.68. The highest BCUT2D eigenvalue weighted by Crippen LogP contribution is 2.16. The Kier molecular flexibility index (Phi) is 2.80. The Morgan fingerprint density at radius 1 is 1.54 bits per heavy atom. The number of nitrogens with zero attached hydrogens (tertiary/aromatic N) is 1. The summed E-state index contributed by atoms with van der Waals surface area (Å²) in [5, 5.41) is 9.04. The van der Waals surface area contributed by atoms with Gasteiger partial charge in [0.05, 0.1) is 6.20 Å². The van der Waals surface area contributed by atoms with Crippen molar-refractivity contribution in [2.45, 2.75) is 33.2 Å². The van der Waals surface area contributed by atoms with Gasteiger partial charge in [-0.3, -0.25) is 9.55 Å². The first-order valence-electron chi connectivity index (χ1n) is 4.50. The summed E-state index contributed by atoms with van der Waals surface area (Å²) in [4.78, 5) is 13.5. The standard InChI is InChI=1S/C9H16N2O2/c1-6(2)4-7(3)11-5-8(12)10-9(11)13/h5-7,12H,4H2,1-3H3,(H,10,13). The van der Waals surface area contributed by atoms with Gasteiger partial charge in [0.2, 0.25) is 5.88 Å². The zero-order valence-corrected chi connectivity index (χ0v) is 8.24. The summed E-state index contributed by atoms with van der Waals surface area (Å²) in [7, 11) is 0. The molecule has 1 rings (SSSR count). The molecule has 0 saturated carbocycles. The van der Waals surface area contributed by atoms with Crippen LogP contribution in [-0.4, -0.2) is 14.7 Å². The van der Waals surface area contributed by atoms with E-state index in [1.54, 1.807) is 0 Å². The zero-order chi connectivity index (χ0) is 10.0. The van der Waals surface area contributed by atoms with Gasteiger partial charge in [-0.15, -0.1) is 0 Å². The van der Waals surface area contributed by atoms with Crippen LogP contribution in [0.4, 0.5) is 0 Å². The molecular formula is C9H16N2O2. The van der Waals surface area contributed by atoms with Crippen LogP contribution in [-0.2, 0) is 0 Å². The molecule has 1 aromatic heterocycles. The van der Waals surface area contributed by atoms with Crippen LogP contribution in [0.1, 0.15) is 33.2 Å². The third kappa shape index (κ3) is 2.37. The second-order valence-corrected chi connectivity index (χ2v) is 3.83. The minimum Gasteiger partial charge on any atom is -0.493 e. The molecule has 0 aromatic carbocycles. The number of imidazole rings is 1. The van der Waals surface area contributed by atoms with E-state index < -0.39 is 0 Å². The summed E-state index contributed by atoms with van der Waals surface area (Å²) in [6.07, 6.45) is 2.37. The number of rotatable bonds is 3. The average molecular weight is 184 g/mol. The van der Waals surface area contributed by atoms with Gasteiger partial charge < -0.3 is 5.11 Å². The van der Waals surface area contributed by atoms with Gasteiger partial charge in [-0.05, 0) is 19.3 Å². The first-order chi connectivity index (χ1) is 6.00. The molecule has 0 amide bonds. The lowest BCUT2D eigenvalue weighted by Gasteiger charge is -2.13. The van der Waals surface area contributed by atoms with E-state index >= 15 is 0 Å². The fourth-order valence-electron chi connectivity index (χ4n) is 1.52. The molecular weight excluding hydrogens is 168 g/mol. The molecule has 0 saturated heterocycles. The molecule has 1 unspecified atom stereocenters. The maximum absolute atomic E-state index is 11.2. The highest BCUT2D eigenvalue weighted by Gasteiger charge is 2.10. The van der Waals surface area contributed by atoms with E-state index in [4.69, 9.17) is 5.11 Å². The monoisotopic (exact) mass is 184 g/mol. The van der Waals surface area contributed by atoms with Gasteiger partial charge in [-0.2, -0.15) is 0 Å². The van der Waals surface area contributed by atoms with Gasteiger partial charge >= 0.3 is 5.69 Å². The van der Waals surface area contributed by atoms with Crippen molar-refractivity contribution in [3.63, 3.8) is 0 Å². The molecule has 1 heterocycles. The van der Waals surface area contributed by atoms with E-state index in [1.165, 1.54) is 10.8 Å². The Hall–Kier alpha value is -1.19. The van der Waals surface area contributed by atoms with E-state index in [9.17, 15) is 4.79 Å². The summed E-state index contributed by atoms with van der Waals surface area (Å²) in [6, 6.07) is 0.129. The third-order valence-corrected chi connectivity index (χ3v) is 2.02. The molecule has 0 spiro atoms. The average Bonchev–Trinajstić information content (AvgIpc) is 2.28. The molecule has 1 atom stereocenters. The number of aromatic hydroxyl groups is 1. The summed E-state index contributed by atoms with van der Waals surface area (Å²) in [5.41, 5.74) is -0.245. The van der Waals surface area contributed by atoms with Crippen LogP contribution in [0.5, 0.6) is 5.88 Å².